The largest absolute Gasteiger partial charge is 0.396 e. The Kier molecular flexibility index (Phi) is 4.15. The number of primary amides is 1. The van der Waals surface area contributed by atoms with Crippen LogP contribution >= 0.6 is 11.3 Å². The Bertz CT molecular complexity index is 586. The molecule has 6 heteroatoms. The molecule has 0 radical (unpaired) electrons. The number of nitrogens with two attached hydrogens (primary N) is 2. The van der Waals surface area contributed by atoms with Crippen LogP contribution in [0.4, 0.5) is 10.7 Å². The Morgan fingerprint density at radius 3 is 2.38 bits per heavy atom. The number of hydrogen-bond acceptors (Lipinski definition) is 5. The molecule has 0 aliphatic carbocycles. The van der Waals surface area contributed by atoms with Crippen LogP contribution in [-0.4, -0.2) is 19.0 Å². The van der Waals surface area contributed by atoms with Gasteiger partial charge in [0.15, 0.2) is 0 Å². The van der Waals surface area contributed by atoms with Gasteiger partial charge in [-0.05, 0) is 24.2 Å². The maximum atomic E-state index is 11.4. The van der Waals surface area contributed by atoms with E-state index in [4.69, 9.17) is 11.5 Å². The summed E-state index contributed by atoms with van der Waals surface area (Å²) in [7, 11) is 0. The van der Waals surface area contributed by atoms with Gasteiger partial charge >= 0.3 is 0 Å². The monoisotopic (exact) mass is 306 g/mol. The normalized spacial score (nSPS) is 16.8. The van der Waals surface area contributed by atoms with Crippen molar-refractivity contribution in [2.75, 3.05) is 23.7 Å². The van der Waals surface area contributed by atoms with Crippen LogP contribution < -0.4 is 16.4 Å². The summed E-state index contributed by atoms with van der Waals surface area (Å²) in [6.45, 7) is 8.57. The zero-order chi connectivity index (χ0) is 15.8. The van der Waals surface area contributed by atoms with Gasteiger partial charge in [-0.1, -0.05) is 20.8 Å². The number of carbonyl (C=O) groups excluding carboxylic acids is 1. The molecule has 5 nitrogen and oxygen atoms in total. The molecule has 0 atom stereocenters. The molecule has 21 heavy (non-hydrogen) atoms. The van der Waals surface area contributed by atoms with Gasteiger partial charge in [-0.3, -0.25) is 4.79 Å². The standard InChI is InChI=1S/C15H22N4OS/c1-15(2,3)9-4-6-19(7-5-9)14-10(8-16)11(17)12(21-14)13(18)20/h9H,4-7,17H2,1-3H3,(H2,18,20). The minimum Gasteiger partial charge on any atom is -0.396 e. The maximum Gasteiger partial charge on any atom is 0.261 e. The van der Waals surface area contributed by atoms with Crippen molar-refractivity contribution < 1.29 is 4.79 Å². The Morgan fingerprint density at radius 2 is 1.95 bits per heavy atom. The SMILES string of the molecule is CC(C)(C)C1CCN(c2sc(C(N)=O)c(N)c2C#N)CC1. The van der Waals surface area contributed by atoms with E-state index in [0.29, 0.717) is 21.8 Å². The molecule has 4 N–H and O–H groups in total. The van der Waals surface area contributed by atoms with Gasteiger partial charge in [-0.15, -0.1) is 11.3 Å². The molecule has 1 aromatic rings. The first-order valence-corrected chi connectivity index (χ1v) is 7.94. The molecule has 1 fully saturated rings. The molecule has 0 unspecified atom stereocenters. The highest BCUT2D eigenvalue weighted by atomic mass is 32.1. The van der Waals surface area contributed by atoms with Gasteiger partial charge in [0.25, 0.3) is 5.91 Å². The Morgan fingerprint density at radius 1 is 1.38 bits per heavy atom. The molecular weight excluding hydrogens is 284 g/mol. The molecule has 1 aliphatic rings. The van der Waals surface area contributed by atoms with Crippen LogP contribution in [0.25, 0.3) is 0 Å². The number of rotatable bonds is 2. The molecule has 1 aromatic heterocycles. The second kappa shape index (κ2) is 5.57. The second-order valence-electron chi connectivity index (χ2n) is 6.63. The van der Waals surface area contributed by atoms with Crippen molar-refractivity contribution in [1.82, 2.24) is 0 Å². The fraction of sp³-hybridized carbons (Fsp3) is 0.600. The molecule has 1 aliphatic heterocycles. The van der Waals surface area contributed by atoms with E-state index in [2.05, 4.69) is 31.7 Å². The van der Waals surface area contributed by atoms with E-state index < -0.39 is 5.91 Å². The molecule has 1 amide bonds. The van der Waals surface area contributed by atoms with Gasteiger partial charge in [0.2, 0.25) is 0 Å². The highest BCUT2D eigenvalue weighted by molar-refractivity contribution is 7.19. The zero-order valence-electron chi connectivity index (χ0n) is 12.8. The number of hydrogen-bond donors (Lipinski definition) is 2. The Hall–Kier alpha value is -1.74. The summed E-state index contributed by atoms with van der Waals surface area (Å²) in [4.78, 5) is 13.8. The minimum atomic E-state index is -0.565. The molecule has 2 heterocycles. The van der Waals surface area contributed by atoms with Gasteiger partial charge < -0.3 is 16.4 Å². The molecule has 2 rings (SSSR count). The topological polar surface area (TPSA) is 96.1 Å². The van der Waals surface area contributed by atoms with Crippen LogP contribution in [0.2, 0.25) is 0 Å². The highest BCUT2D eigenvalue weighted by Gasteiger charge is 2.31. The lowest BCUT2D eigenvalue weighted by Gasteiger charge is -2.39. The number of amides is 1. The third-order valence-corrected chi connectivity index (χ3v) is 5.55. The summed E-state index contributed by atoms with van der Waals surface area (Å²) in [5.41, 5.74) is 12.1. The number of thiophene rings is 1. The van der Waals surface area contributed by atoms with E-state index in [-0.39, 0.29) is 5.69 Å². The Labute approximate surface area is 129 Å². The summed E-state index contributed by atoms with van der Waals surface area (Å²) >= 11 is 1.24. The lowest BCUT2D eigenvalue weighted by molar-refractivity contribution is 0.100. The van der Waals surface area contributed by atoms with E-state index in [0.717, 1.165) is 30.9 Å². The molecular formula is C15H22N4OS. The lowest BCUT2D eigenvalue weighted by Crippen LogP contribution is -2.37. The van der Waals surface area contributed by atoms with Gasteiger partial charge in [0, 0.05) is 13.1 Å². The minimum absolute atomic E-state index is 0.225. The number of anilines is 2. The van der Waals surface area contributed by atoms with Crippen LogP contribution in [-0.2, 0) is 0 Å². The predicted octanol–water partition coefficient (Wildman–Crippen LogP) is 2.56. The quantitative estimate of drug-likeness (QED) is 0.877. The number of nitriles is 1. The third-order valence-electron chi connectivity index (χ3n) is 4.27. The van der Waals surface area contributed by atoms with Gasteiger partial charge in [0.1, 0.15) is 21.5 Å². The number of piperidine rings is 1. The molecule has 0 spiro atoms. The van der Waals surface area contributed by atoms with Crippen molar-refractivity contribution in [3.63, 3.8) is 0 Å². The molecule has 1 saturated heterocycles. The highest BCUT2D eigenvalue weighted by Crippen LogP contribution is 2.41. The van der Waals surface area contributed by atoms with E-state index >= 15 is 0 Å². The van der Waals surface area contributed by atoms with E-state index in [1.54, 1.807) is 0 Å². The summed E-state index contributed by atoms with van der Waals surface area (Å²) in [6, 6.07) is 2.11. The van der Waals surface area contributed by atoms with Crippen molar-refractivity contribution in [3.05, 3.63) is 10.4 Å². The molecule has 0 aromatic carbocycles. The first kappa shape index (κ1) is 15.6. The van der Waals surface area contributed by atoms with E-state index in [1.807, 2.05) is 0 Å². The van der Waals surface area contributed by atoms with Gasteiger partial charge in [-0.25, -0.2) is 0 Å². The third kappa shape index (κ3) is 2.98. The van der Waals surface area contributed by atoms with Crippen LogP contribution in [0.3, 0.4) is 0 Å². The summed E-state index contributed by atoms with van der Waals surface area (Å²) in [5, 5.41) is 10.1. The molecule has 114 valence electrons. The second-order valence-corrected chi connectivity index (χ2v) is 7.63. The molecule has 0 saturated carbocycles. The Balaban J connectivity index is 2.23. The van der Waals surface area contributed by atoms with Crippen molar-refractivity contribution in [2.24, 2.45) is 17.1 Å². The molecule has 0 bridgehead atoms. The van der Waals surface area contributed by atoms with Crippen molar-refractivity contribution in [2.45, 2.75) is 33.6 Å². The summed E-state index contributed by atoms with van der Waals surface area (Å²) in [6.07, 6.45) is 2.16. The fourth-order valence-electron chi connectivity index (χ4n) is 2.89. The summed E-state index contributed by atoms with van der Waals surface area (Å²) < 4.78 is 0. The lowest BCUT2D eigenvalue weighted by atomic mass is 9.75. The number of carbonyl (C=O) groups is 1. The average Bonchev–Trinajstić information content (AvgIpc) is 2.75. The predicted molar refractivity (Wildman–Crippen MR) is 86.4 cm³/mol. The fourth-order valence-corrected chi connectivity index (χ4v) is 3.97. The van der Waals surface area contributed by atoms with E-state index in [1.165, 1.54) is 11.3 Å². The van der Waals surface area contributed by atoms with Gasteiger partial charge in [-0.2, -0.15) is 5.26 Å². The summed E-state index contributed by atoms with van der Waals surface area (Å²) in [5.74, 6) is 0.108. The first-order chi connectivity index (χ1) is 9.75. The first-order valence-electron chi connectivity index (χ1n) is 7.12. The van der Waals surface area contributed by atoms with Crippen molar-refractivity contribution in [3.8, 4) is 6.07 Å². The van der Waals surface area contributed by atoms with Crippen LogP contribution in [0.15, 0.2) is 0 Å². The van der Waals surface area contributed by atoms with Crippen molar-refractivity contribution in [1.29, 1.82) is 5.26 Å². The van der Waals surface area contributed by atoms with Gasteiger partial charge in [0.05, 0.1) is 5.69 Å². The zero-order valence-corrected chi connectivity index (χ0v) is 13.6. The van der Waals surface area contributed by atoms with E-state index in [9.17, 15) is 10.1 Å². The van der Waals surface area contributed by atoms with Crippen LogP contribution in [0, 0.1) is 22.7 Å². The van der Waals surface area contributed by atoms with Crippen LogP contribution in [0.5, 0.6) is 0 Å². The number of nitrogen functional groups attached to an aromatic ring is 1. The van der Waals surface area contributed by atoms with Crippen LogP contribution in [0.1, 0.15) is 48.8 Å². The number of nitrogens with zero attached hydrogens (tertiary/aromatic N) is 2. The average molecular weight is 306 g/mol. The smallest absolute Gasteiger partial charge is 0.261 e. The van der Waals surface area contributed by atoms with Crippen molar-refractivity contribution >= 4 is 27.9 Å². The maximum absolute atomic E-state index is 11.4.